The van der Waals surface area contributed by atoms with Crippen LogP contribution >= 0.6 is 0 Å². The number of amides is 1. The predicted molar refractivity (Wildman–Crippen MR) is 108 cm³/mol. The number of rotatable bonds is 6. The molecule has 0 fully saturated rings. The lowest BCUT2D eigenvalue weighted by atomic mass is 10.0. The van der Waals surface area contributed by atoms with Gasteiger partial charge in [0.25, 0.3) is 0 Å². The van der Waals surface area contributed by atoms with Crippen molar-refractivity contribution < 1.29 is 27.4 Å². The van der Waals surface area contributed by atoms with Crippen LogP contribution in [0.2, 0.25) is 0 Å². The highest BCUT2D eigenvalue weighted by Crippen LogP contribution is 2.35. The molecule has 0 unspecified atom stereocenters. The zero-order valence-corrected chi connectivity index (χ0v) is 17.6. The van der Waals surface area contributed by atoms with E-state index in [0.717, 1.165) is 11.1 Å². The molecule has 0 radical (unpaired) electrons. The van der Waals surface area contributed by atoms with Crippen molar-refractivity contribution in [1.29, 1.82) is 0 Å². The van der Waals surface area contributed by atoms with Gasteiger partial charge in [-0.1, -0.05) is 0 Å². The van der Waals surface area contributed by atoms with Crippen LogP contribution in [0.15, 0.2) is 35.2 Å². The molecule has 1 aliphatic heterocycles. The largest absolute Gasteiger partial charge is 0.495 e. The Morgan fingerprint density at radius 1 is 0.966 bits per heavy atom. The molecule has 29 heavy (non-hydrogen) atoms. The van der Waals surface area contributed by atoms with Crippen LogP contribution in [0.3, 0.4) is 0 Å². The van der Waals surface area contributed by atoms with Gasteiger partial charge in [-0.2, -0.15) is 4.31 Å². The number of nitrogens with one attached hydrogen (secondary N) is 1. The van der Waals surface area contributed by atoms with Crippen molar-refractivity contribution >= 4 is 21.6 Å². The summed E-state index contributed by atoms with van der Waals surface area (Å²) in [6.45, 7) is 1.91. The number of carbonyl (C=O) groups is 1. The van der Waals surface area contributed by atoms with Gasteiger partial charge in [0.2, 0.25) is 15.9 Å². The highest BCUT2D eigenvalue weighted by Gasteiger charge is 2.30. The van der Waals surface area contributed by atoms with Crippen molar-refractivity contribution in [1.82, 2.24) is 4.31 Å². The Balaban J connectivity index is 1.94. The number of anilines is 1. The van der Waals surface area contributed by atoms with Gasteiger partial charge in [-0.05, 0) is 47.9 Å². The fraction of sp³-hybridized carbons (Fsp3) is 0.350. The first-order chi connectivity index (χ1) is 13.8. The summed E-state index contributed by atoms with van der Waals surface area (Å²) in [6, 6.07) is 8.13. The van der Waals surface area contributed by atoms with E-state index in [1.807, 2.05) is 12.1 Å². The van der Waals surface area contributed by atoms with E-state index >= 15 is 0 Å². The SMILES string of the molecule is COc1ccc(S(=O)(=O)N2CCc3cc(OC)c(OC)cc3C2)cc1NC(C)=O. The third kappa shape index (κ3) is 4.15. The lowest BCUT2D eigenvalue weighted by molar-refractivity contribution is -0.114. The van der Waals surface area contributed by atoms with Gasteiger partial charge in [-0.25, -0.2) is 8.42 Å². The smallest absolute Gasteiger partial charge is 0.243 e. The maximum Gasteiger partial charge on any atom is 0.243 e. The summed E-state index contributed by atoms with van der Waals surface area (Å²) < 4.78 is 43.7. The van der Waals surface area contributed by atoms with Crippen LogP contribution in [-0.4, -0.2) is 46.5 Å². The third-order valence-corrected chi connectivity index (χ3v) is 6.64. The van der Waals surface area contributed by atoms with E-state index in [1.165, 1.54) is 36.5 Å². The van der Waals surface area contributed by atoms with Gasteiger partial charge in [0.15, 0.2) is 11.5 Å². The second-order valence-electron chi connectivity index (χ2n) is 6.61. The summed E-state index contributed by atoms with van der Waals surface area (Å²) in [6.07, 6.45) is 0.559. The molecule has 1 amide bonds. The average Bonchev–Trinajstić information content (AvgIpc) is 2.71. The van der Waals surface area contributed by atoms with Gasteiger partial charge >= 0.3 is 0 Å². The van der Waals surface area contributed by atoms with Crippen molar-refractivity contribution in [3.05, 3.63) is 41.5 Å². The molecule has 0 saturated carbocycles. The number of hydrogen-bond donors (Lipinski definition) is 1. The Hall–Kier alpha value is -2.78. The molecule has 0 spiro atoms. The molecular formula is C20H24N2O6S. The van der Waals surface area contributed by atoms with Crippen LogP contribution in [0.25, 0.3) is 0 Å². The minimum atomic E-state index is -3.77. The zero-order chi connectivity index (χ0) is 21.2. The number of benzene rings is 2. The van der Waals surface area contributed by atoms with Gasteiger partial charge in [-0.3, -0.25) is 4.79 Å². The monoisotopic (exact) mass is 420 g/mol. The van der Waals surface area contributed by atoms with Gasteiger partial charge in [0.1, 0.15) is 5.75 Å². The number of fused-ring (bicyclic) bond motifs is 1. The summed E-state index contributed by atoms with van der Waals surface area (Å²) in [4.78, 5) is 11.5. The van der Waals surface area contributed by atoms with Crippen molar-refractivity contribution in [2.75, 3.05) is 33.2 Å². The van der Waals surface area contributed by atoms with E-state index in [4.69, 9.17) is 14.2 Å². The lowest BCUT2D eigenvalue weighted by Gasteiger charge is -2.29. The first kappa shape index (κ1) is 20.9. The second-order valence-corrected chi connectivity index (χ2v) is 8.55. The molecule has 2 aromatic carbocycles. The maximum absolute atomic E-state index is 13.2. The zero-order valence-electron chi connectivity index (χ0n) is 16.8. The number of carbonyl (C=O) groups excluding carboxylic acids is 1. The number of ether oxygens (including phenoxy) is 3. The van der Waals surface area contributed by atoms with E-state index in [2.05, 4.69) is 5.32 Å². The third-order valence-electron chi connectivity index (χ3n) is 4.80. The normalized spacial score (nSPS) is 14.1. The van der Waals surface area contributed by atoms with Gasteiger partial charge < -0.3 is 19.5 Å². The highest BCUT2D eigenvalue weighted by atomic mass is 32.2. The van der Waals surface area contributed by atoms with Crippen LogP contribution in [0.4, 0.5) is 5.69 Å². The molecule has 156 valence electrons. The number of nitrogens with zero attached hydrogens (tertiary/aromatic N) is 1. The number of sulfonamides is 1. The Bertz CT molecular complexity index is 1040. The summed E-state index contributed by atoms with van der Waals surface area (Å²) in [5.41, 5.74) is 2.21. The molecule has 0 saturated heterocycles. The average molecular weight is 420 g/mol. The van der Waals surface area contributed by atoms with Crippen molar-refractivity contribution in [2.45, 2.75) is 24.8 Å². The number of hydrogen-bond acceptors (Lipinski definition) is 6. The van der Waals surface area contributed by atoms with Gasteiger partial charge in [-0.15, -0.1) is 0 Å². The fourth-order valence-electron chi connectivity index (χ4n) is 3.35. The Morgan fingerprint density at radius 2 is 1.59 bits per heavy atom. The van der Waals surface area contributed by atoms with E-state index < -0.39 is 10.0 Å². The van der Waals surface area contributed by atoms with Crippen LogP contribution in [0.5, 0.6) is 17.2 Å². The summed E-state index contributed by atoms with van der Waals surface area (Å²) >= 11 is 0. The summed E-state index contributed by atoms with van der Waals surface area (Å²) in [7, 11) is 0.801. The van der Waals surface area contributed by atoms with Crippen LogP contribution < -0.4 is 19.5 Å². The Labute approximate surface area is 170 Å². The van der Waals surface area contributed by atoms with E-state index in [-0.39, 0.29) is 17.3 Å². The van der Waals surface area contributed by atoms with Crippen molar-refractivity contribution in [2.24, 2.45) is 0 Å². The maximum atomic E-state index is 13.2. The molecular weight excluding hydrogens is 396 g/mol. The molecule has 0 atom stereocenters. The molecule has 1 heterocycles. The first-order valence-electron chi connectivity index (χ1n) is 8.99. The van der Waals surface area contributed by atoms with E-state index in [9.17, 15) is 13.2 Å². The minimum absolute atomic E-state index is 0.0889. The summed E-state index contributed by atoms with van der Waals surface area (Å²) in [5.74, 6) is 1.26. The standard InChI is InChI=1S/C20H24N2O6S/c1-13(23)21-17-11-16(5-6-18(17)26-2)29(24,25)22-8-7-14-9-19(27-3)20(28-4)10-15(14)12-22/h5-6,9-11H,7-8,12H2,1-4H3,(H,21,23). The second kappa shape index (κ2) is 8.30. The van der Waals surface area contributed by atoms with Crippen LogP contribution in [-0.2, 0) is 27.8 Å². The van der Waals surface area contributed by atoms with Gasteiger partial charge in [0.05, 0.1) is 31.9 Å². The van der Waals surface area contributed by atoms with E-state index in [1.54, 1.807) is 14.2 Å². The predicted octanol–water partition coefficient (Wildman–Crippen LogP) is 2.42. The summed E-state index contributed by atoms with van der Waals surface area (Å²) in [5, 5.41) is 2.61. The topological polar surface area (TPSA) is 94.2 Å². The molecule has 2 aromatic rings. The molecule has 9 heteroatoms. The molecule has 0 bridgehead atoms. The molecule has 0 aliphatic carbocycles. The van der Waals surface area contributed by atoms with Crippen LogP contribution in [0.1, 0.15) is 18.1 Å². The van der Waals surface area contributed by atoms with E-state index in [0.29, 0.717) is 35.9 Å². The fourth-order valence-corrected chi connectivity index (χ4v) is 4.79. The Morgan fingerprint density at radius 3 is 2.17 bits per heavy atom. The molecule has 8 nitrogen and oxygen atoms in total. The molecule has 1 aliphatic rings. The quantitative estimate of drug-likeness (QED) is 0.771. The molecule has 3 rings (SSSR count). The first-order valence-corrected chi connectivity index (χ1v) is 10.4. The molecule has 1 N–H and O–H groups in total. The minimum Gasteiger partial charge on any atom is -0.495 e. The van der Waals surface area contributed by atoms with Crippen molar-refractivity contribution in [3.8, 4) is 17.2 Å². The van der Waals surface area contributed by atoms with Gasteiger partial charge in [0, 0.05) is 20.0 Å². The van der Waals surface area contributed by atoms with Crippen molar-refractivity contribution in [3.63, 3.8) is 0 Å². The lowest BCUT2D eigenvalue weighted by Crippen LogP contribution is -2.36. The van der Waals surface area contributed by atoms with Crippen LogP contribution in [0, 0.1) is 0 Å². The number of methoxy groups -OCH3 is 3. The highest BCUT2D eigenvalue weighted by molar-refractivity contribution is 7.89. The Kier molecular flexibility index (Phi) is 5.99. The molecule has 0 aromatic heterocycles.